The van der Waals surface area contributed by atoms with Crippen LogP contribution in [0.3, 0.4) is 0 Å². The van der Waals surface area contributed by atoms with Crippen molar-refractivity contribution in [2.24, 2.45) is 0 Å². The first-order valence-corrected chi connectivity index (χ1v) is 7.45. The Bertz CT molecular complexity index is 651. The molecule has 0 radical (unpaired) electrons. The molecule has 3 heteroatoms. The molecular weight excluding hydrogens is 282 g/mol. The van der Waals surface area contributed by atoms with E-state index in [1.54, 1.807) is 6.07 Å². The number of halogens is 1. The Kier molecular flexibility index (Phi) is 5.03. The number of rotatable bonds is 4. The number of benzene rings is 2. The summed E-state index contributed by atoms with van der Waals surface area (Å²) in [5.41, 5.74) is 4.46. The monoisotopic (exact) mass is 301 g/mol. The number of amides is 1. The van der Waals surface area contributed by atoms with Crippen molar-refractivity contribution in [1.29, 1.82) is 0 Å². The molecule has 0 bridgehead atoms. The van der Waals surface area contributed by atoms with Crippen molar-refractivity contribution in [3.8, 4) is 0 Å². The van der Waals surface area contributed by atoms with E-state index in [9.17, 15) is 4.79 Å². The molecular formula is C18H20ClNO. The van der Waals surface area contributed by atoms with E-state index in [1.807, 2.05) is 25.1 Å². The summed E-state index contributed by atoms with van der Waals surface area (Å²) in [6, 6.07) is 13.7. The van der Waals surface area contributed by atoms with Crippen LogP contribution in [-0.4, -0.2) is 5.91 Å². The van der Waals surface area contributed by atoms with E-state index in [2.05, 4.69) is 37.4 Å². The van der Waals surface area contributed by atoms with Gasteiger partial charge in [0.15, 0.2) is 0 Å². The van der Waals surface area contributed by atoms with Gasteiger partial charge in [0.2, 0.25) is 5.91 Å². The van der Waals surface area contributed by atoms with Gasteiger partial charge >= 0.3 is 0 Å². The van der Waals surface area contributed by atoms with Crippen LogP contribution in [0.25, 0.3) is 0 Å². The summed E-state index contributed by atoms with van der Waals surface area (Å²) in [5.74, 6) is -0.0196. The Morgan fingerprint density at radius 2 is 1.86 bits per heavy atom. The van der Waals surface area contributed by atoms with Crippen molar-refractivity contribution in [3.05, 3.63) is 69.7 Å². The Morgan fingerprint density at radius 3 is 2.52 bits per heavy atom. The molecule has 1 N–H and O–H groups in total. The van der Waals surface area contributed by atoms with Crippen LogP contribution in [0.2, 0.25) is 5.02 Å². The van der Waals surface area contributed by atoms with E-state index in [0.29, 0.717) is 11.4 Å². The molecule has 2 aromatic rings. The summed E-state index contributed by atoms with van der Waals surface area (Å²) in [4.78, 5) is 12.1. The van der Waals surface area contributed by atoms with Gasteiger partial charge in [0, 0.05) is 5.02 Å². The van der Waals surface area contributed by atoms with Crippen molar-refractivity contribution < 1.29 is 4.79 Å². The van der Waals surface area contributed by atoms with E-state index < -0.39 is 0 Å². The van der Waals surface area contributed by atoms with Crippen LogP contribution in [0.15, 0.2) is 42.5 Å². The van der Waals surface area contributed by atoms with Crippen LogP contribution < -0.4 is 5.32 Å². The highest BCUT2D eigenvalue weighted by Gasteiger charge is 2.12. The van der Waals surface area contributed by atoms with Gasteiger partial charge in [0.05, 0.1) is 12.5 Å². The summed E-state index contributed by atoms with van der Waals surface area (Å²) in [6.45, 7) is 6.16. The maximum atomic E-state index is 12.1. The second-order valence-electron chi connectivity index (χ2n) is 5.40. The van der Waals surface area contributed by atoms with Crippen molar-refractivity contribution in [2.45, 2.75) is 33.2 Å². The molecule has 110 valence electrons. The molecule has 2 aromatic carbocycles. The van der Waals surface area contributed by atoms with E-state index in [1.165, 1.54) is 11.1 Å². The highest BCUT2D eigenvalue weighted by molar-refractivity contribution is 6.31. The summed E-state index contributed by atoms with van der Waals surface area (Å²) < 4.78 is 0. The molecule has 0 saturated heterocycles. The minimum absolute atomic E-state index is 0.0145. The fraction of sp³-hybridized carbons (Fsp3) is 0.278. The molecule has 0 aliphatic carbocycles. The zero-order valence-corrected chi connectivity index (χ0v) is 13.4. The van der Waals surface area contributed by atoms with E-state index in [4.69, 9.17) is 11.6 Å². The molecule has 0 spiro atoms. The van der Waals surface area contributed by atoms with Gasteiger partial charge in [0.1, 0.15) is 0 Å². The third-order valence-electron chi connectivity index (χ3n) is 3.72. The summed E-state index contributed by atoms with van der Waals surface area (Å²) in [5, 5.41) is 3.65. The summed E-state index contributed by atoms with van der Waals surface area (Å²) in [6.07, 6.45) is 0.300. The molecule has 0 heterocycles. The second-order valence-corrected chi connectivity index (χ2v) is 5.81. The Labute approximate surface area is 131 Å². The van der Waals surface area contributed by atoms with Crippen LogP contribution in [0.5, 0.6) is 0 Å². The number of nitrogens with one attached hydrogen (secondary N) is 1. The van der Waals surface area contributed by atoms with Gasteiger partial charge in [0.25, 0.3) is 0 Å². The van der Waals surface area contributed by atoms with E-state index in [0.717, 1.165) is 11.1 Å². The minimum atomic E-state index is -0.0196. The molecule has 0 aromatic heterocycles. The predicted octanol–water partition coefficient (Wildman–Crippen LogP) is 4.38. The number of carbonyl (C=O) groups is 1. The fourth-order valence-corrected chi connectivity index (χ4v) is 2.43. The molecule has 0 fully saturated rings. The Balaban J connectivity index is 2.02. The number of hydrogen-bond acceptors (Lipinski definition) is 1. The van der Waals surface area contributed by atoms with Crippen LogP contribution in [0, 0.1) is 13.8 Å². The topological polar surface area (TPSA) is 29.1 Å². The molecule has 1 amide bonds. The molecule has 21 heavy (non-hydrogen) atoms. The van der Waals surface area contributed by atoms with Crippen molar-refractivity contribution in [3.63, 3.8) is 0 Å². The first-order valence-electron chi connectivity index (χ1n) is 7.07. The molecule has 0 aliphatic heterocycles. The van der Waals surface area contributed by atoms with Crippen LogP contribution in [-0.2, 0) is 11.2 Å². The summed E-state index contributed by atoms with van der Waals surface area (Å²) >= 11 is 6.08. The van der Waals surface area contributed by atoms with Gasteiger partial charge in [-0.15, -0.1) is 0 Å². The highest BCUT2D eigenvalue weighted by Crippen LogP contribution is 2.18. The average molecular weight is 302 g/mol. The lowest BCUT2D eigenvalue weighted by molar-refractivity contribution is -0.121. The lowest BCUT2D eigenvalue weighted by atomic mass is 10.0. The average Bonchev–Trinajstić information content (AvgIpc) is 2.44. The molecule has 0 aliphatic rings. The SMILES string of the molecule is Cc1ccc(C(C)NC(=O)Cc2ccccc2Cl)cc1C. The van der Waals surface area contributed by atoms with Gasteiger partial charge in [-0.25, -0.2) is 0 Å². The lowest BCUT2D eigenvalue weighted by Gasteiger charge is -2.16. The lowest BCUT2D eigenvalue weighted by Crippen LogP contribution is -2.28. The zero-order valence-electron chi connectivity index (χ0n) is 12.6. The predicted molar refractivity (Wildman–Crippen MR) is 87.6 cm³/mol. The standard InChI is InChI=1S/C18H20ClNO/c1-12-8-9-15(10-13(12)2)14(3)20-18(21)11-16-6-4-5-7-17(16)19/h4-10,14H,11H2,1-3H3,(H,20,21). The Morgan fingerprint density at radius 1 is 1.14 bits per heavy atom. The van der Waals surface area contributed by atoms with Crippen LogP contribution in [0.4, 0.5) is 0 Å². The third-order valence-corrected chi connectivity index (χ3v) is 4.09. The van der Waals surface area contributed by atoms with Crippen molar-refractivity contribution >= 4 is 17.5 Å². The zero-order chi connectivity index (χ0) is 15.4. The number of carbonyl (C=O) groups excluding carboxylic acids is 1. The molecule has 1 atom stereocenters. The van der Waals surface area contributed by atoms with Gasteiger partial charge in [-0.2, -0.15) is 0 Å². The van der Waals surface area contributed by atoms with Crippen LogP contribution >= 0.6 is 11.6 Å². The summed E-state index contributed by atoms with van der Waals surface area (Å²) in [7, 11) is 0. The number of hydrogen-bond donors (Lipinski definition) is 1. The van der Waals surface area contributed by atoms with E-state index in [-0.39, 0.29) is 11.9 Å². The smallest absolute Gasteiger partial charge is 0.224 e. The molecule has 2 rings (SSSR count). The maximum absolute atomic E-state index is 12.1. The van der Waals surface area contributed by atoms with Crippen molar-refractivity contribution in [2.75, 3.05) is 0 Å². The minimum Gasteiger partial charge on any atom is -0.349 e. The highest BCUT2D eigenvalue weighted by atomic mass is 35.5. The molecule has 2 nitrogen and oxygen atoms in total. The van der Waals surface area contributed by atoms with Crippen molar-refractivity contribution in [1.82, 2.24) is 5.32 Å². The van der Waals surface area contributed by atoms with Gasteiger partial charge in [-0.05, 0) is 49.1 Å². The van der Waals surface area contributed by atoms with E-state index >= 15 is 0 Å². The first kappa shape index (κ1) is 15.6. The third kappa shape index (κ3) is 4.08. The van der Waals surface area contributed by atoms with Gasteiger partial charge in [-0.1, -0.05) is 48.0 Å². The molecule has 1 unspecified atom stereocenters. The van der Waals surface area contributed by atoms with Gasteiger partial charge < -0.3 is 5.32 Å². The molecule has 0 saturated carbocycles. The fourth-order valence-electron chi connectivity index (χ4n) is 2.22. The Hall–Kier alpha value is -1.80. The second kappa shape index (κ2) is 6.77. The first-order chi connectivity index (χ1) is 9.97. The quantitative estimate of drug-likeness (QED) is 0.892. The van der Waals surface area contributed by atoms with Crippen LogP contribution in [0.1, 0.15) is 35.2 Å². The normalized spacial score (nSPS) is 12.0. The van der Waals surface area contributed by atoms with Gasteiger partial charge in [-0.3, -0.25) is 4.79 Å². The largest absolute Gasteiger partial charge is 0.349 e. The maximum Gasteiger partial charge on any atom is 0.224 e. The number of aryl methyl sites for hydroxylation is 2.